The molecule has 0 heterocycles. The van der Waals surface area contributed by atoms with Crippen LogP contribution in [0.5, 0.6) is 0 Å². The number of alkyl carbamates (subject to hydrolysis) is 1. The molecule has 0 bridgehead atoms. The van der Waals surface area contributed by atoms with Gasteiger partial charge >= 0.3 is 6.09 Å². The first-order valence-electron chi connectivity index (χ1n) is 13.9. The molecular weight excluding hydrogens is 504 g/mol. The summed E-state index contributed by atoms with van der Waals surface area (Å²) in [5, 5.41) is 28.1. The van der Waals surface area contributed by atoms with Crippen LogP contribution in [0.25, 0.3) is 0 Å². The molecule has 0 aliphatic heterocycles. The van der Waals surface area contributed by atoms with Crippen molar-refractivity contribution >= 4 is 12.0 Å². The average molecular weight is 545 g/mol. The summed E-state index contributed by atoms with van der Waals surface area (Å²) in [4.78, 5) is 26.4. The Labute approximate surface area is 236 Å². The molecule has 4 N–H and O–H groups in total. The summed E-state index contributed by atoms with van der Waals surface area (Å²) < 4.78 is 5.47. The fraction of sp³-hybridized carbons (Fsp3) is 0.394. The molecule has 5 atom stereocenters. The molecular formula is C33H40N2O5. The van der Waals surface area contributed by atoms with Crippen LogP contribution in [0.2, 0.25) is 0 Å². The summed E-state index contributed by atoms with van der Waals surface area (Å²) in [6.07, 6.45) is -1.02. The van der Waals surface area contributed by atoms with Crippen molar-refractivity contribution in [2.75, 3.05) is 0 Å². The minimum absolute atomic E-state index is 0.110. The molecule has 3 aromatic rings. The molecule has 0 aromatic heterocycles. The van der Waals surface area contributed by atoms with Gasteiger partial charge in [0.1, 0.15) is 5.60 Å². The molecule has 3 aromatic carbocycles. The van der Waals surface area contributed by atoms with Gasteiger partial charge in [0.2, 0.25) is 5.91 Å². The number of hydrogen-bond acceptors (Lipinski definition) is 5. The SMILES string of the molecule is CC(C)(C)OC(=O)N[C@@H](Cc1ccccc1)[C@@H](O)C[C@@H](Cc1ccccc1)C(=O)N[C@@H]1c2ccccc2C[C@@H]1O. The number of amides is 2. The maximum atomic E-state index is 13.7. The predicted octanol–water partition coefficient (Wildman–Crippen LogP) is 4.51. The molecule has 4 rings (SSSR count). The minimum atomic E-state index is -1.03. The van der Waals surface area contributed by atoms with E-state index in [2.05, 4.69) is 10.6 Å². The van der Waals surface area contributed by atoms with E-state index in [1.807, 2.05) is 84.9 Å². The largest absolute Gasteiger partial charge is 0.444 e. The predicted molar refractivity (Wildman–Crippen MR) is 155 cm³/mol. The van der Waals surface area contributed by atoms with Crippen molar-refractivity contribution < 1.29 is 24.5 Å². The van der Waals surface area contributed by atoms with Gasteiger partial charge in [0.05, 0.1) is 24.3 Å². The Hall–Kier alpha value is -3.68. The van der Waals surface area contributed by atoms with E-state index in [0.29, 0.717) is 19.3 Å². The van der Waals surface area contributed by atoms with Crippen LogP contribution in [0.4, 0.5) is 4.79 Å². The number of aliphatic hydroxyl groups excluding tert-OH is 2. The third-order valence-corrected chi connectivity index (χ3v) is 7.19. The Morgan fingerprint density at radius 2 is 1.48 bits per heavy atom. The van der Waals surface area contributed by atoms with Gasteiger partial charge in [0, 0.05) is 12.3 Å². The van der Waals surface area contributed by atoms with Crippen molar-refractivity contribution in [3.05, 3.63) is 107 Å². The molecule has 0 fully saturated rings. The lowest BCUT2D eigenvalue weighted by atomic mass is 9.88. The number of rotatable bonds is 10. The highest BCUT2D eigenvalue weighted by Gasteiger charge is 2.35. The number of benzene rings is 3. The Bertz CT molecular complexity index is 1260. The molecule has 1 aliphatic rings. The number of hydrogen-bond donors (Lipinski definition) is 4. The van der Waals surface area contributed by atoms with Crippen LogP contribution in [-0.4, -0.2) is 46.1 Å². The van der Waals surface area contributed by atoms with Crippen molar-refractivity contribution in [1.29, 1.82) is 0 Å². The minimum Gasteiger partial charge on any atom is -0.444 e. The molecule has 40 heavy (non-hydrogen) atoms. The smallest absolute Gasteiger partial charge is 0.407 e. The van der Waals surface area contributed by atoms with Crippen LogP contribution in [0.15, 0.2) is 84.9 Å². The van der Waals surface area contributed by atoms with Crippen molar-refractivity contribution in [3.63, 3.8) is 0 Å². The molecule has 7 heteroatoms. The van der Waals surface area contributed by atoms with E-state index < -0.39 is 41.9 Å². The molecule has 7 nitrogen and oxygen atoms in total. The first-order valence-corrected chi connectivity index (χ1v) is 13.9. The van der Waals surface area contributed by atoms with E-state index in [4.69, 9.17) is 4.74 Å². The van der Waals surface area contributed by atoms with Crippen LogP contribution in [0.3, 0.4) is 0 Å². The third-order valence-electron chi connectivity index (χ3n) is 7.19. The zero-order valence-corrected chi connectivity index (χ0v) is 23.4. The monoisotopic (exact) mass is 544 g/mol. The van der Waals surface area contributed by atoms with Crippen molar-refractivity contribution in [1.82, 2.24) is 10.6 Å². The van der Waals surface area contributed by atoms with E-state index in [0.717, 1.165) is 22.3 Å². The highest BCUT2D eigenvalue weighted by Crippen LogP contribution is 2.32. The lowest BCUT2D eigenvalue weighted by Gasteiger charge is -2.29. The summed E-state index contributed by atoms with van der Waals surface area (Å²) in [5.41, 5.74) is 3.14. The van der Waals surface area contributed by atoms with E-state index in [1.54, 1.807) is 20.8 Å². The fourth-order valence-corrected chi connectivity index (χ4v) is 5.27. The van der Waals surface area contributed by atoms with Crippen LogP contribution < -0.4 is 10.6 Å². The maximum absolute atomic E-state index is 13.7. The Morgan fingerprint density at radius 1 is 0.900 bits per heavy atom. The fourth-order valence-electron chi connectivity index (χ4n) is 5.27. The first-order chi connectivity index (χ1) is 19.1. The number of carbonyl (C=O) groups excluding carboxylic acids is 2. The average Bonchev–Trinajstić information content (AvgIpc) is 3.22. The third kappa shape index (κ3) is 8.16. The van der Waals surface area contributed by atoms with Crippen LogP contribution in [0, 0.1) is 5.92 Å². The summed E-state index contributed by atoms with van der Waals surface area (Å²) in [6, 6.07) is 25.8. The summed E-state index contributed by atoms with van der Waals surface area (Å²) in [6.45, 7) is 5.35. The zero-order valence-electron chi connectivity index (χ0n) is 23.4. The Kier molecular flexibility index (Phi) is 9.61. The number of ether oxygens (including phenoxy) is 1. The number of aliphatic hydroxyl groups is 2. The highest BCUT2D eigenvalue weighted by molar-refractivity contribution is 5.80. The molecule has 0 radical (unpaired) electrons. The molecule has 0 saturated carbocycles. The number of carbonyl (C=O) groups is 2. The van der Waals surface area contributed by atoms with Crippen molar-refractivity contribution in [2.24, 2.45) is 5.92 Å². The lowest BCUT2D eigenvalue weighted by molar-refractivity contribution is -0.127. The first kappa shape index (κ1) is 29.3. The quantitative estimate of drug-likeness (QED) is 0.301. The van der Waals surface area contributed by atoms with E-state index in [9.17, 15) is 19.8 Å². The molecule has 0 saturated heterocycles. The van der Waals surface area contributed by atoms with Gasteiger partial charge < -0.3 is 25.6 Å². The number of fused-ring (bicyclic) bond motifs is 1. The Balaban J connectivity index is 1.54. The van der Waals surface area contributed by atoms with E-state index >= 15 is 0 Å². The molecule has 212 valence electrons. The lowest BCUT2D eigenvalue weighted by Crippen LogP contribution is -2.48. The molecule has 2 amide bonds. The molecule has 0 spiro atoms. The van der Waals surface area contributed by atoms with Gasteiger partial charge in [-0.25, -0.2) is 4.79 Å². The van der Waals surface area contributed by atoms with Gasteiger partial charge in [-0.15, -0.1) is 0 Å². The van der Waals surface area contributed by atoms with Crippen LogP contribution >= 0.6 is 0 Å². The second-order valence-corrected chi connectivity index (χ2v) is 11.6. The van der Waals surface area contributed by atoms with Gasteiger partial charge in [0.25, 0.3) is 0 Å². The van der Waals surface area contributed by atoms with Crippen LogP contribution in [0.1, 0.15) is 55.5 Å². The van der Waals surface area contributed by atoms with Gasteiger partial charge in [-0.3, -0.25) is 4.79 Å². The summed E-state index contributed by atoms with van der Waals surface area (Å²) in [7, 11) is 0. The van der Waals surface area contributed by atoms with Crippen LogP contribution in [-0.2, 0) is 28.8 Å². The molecule has 1 aliphatic carbocycles. The van der Waals surface area contributed by atoms with E-state index in [-0.39, 0.29) is 12.3 Å². The second kappa shape index (κ2) is 13.1. The van der Waals surface area contributed by atoms with Crippen molar-refractivity contribution in [2.45, 2.75) is 76.3 Å². The summed E-state index contributed by atoms with van der Waals surface area (Å²) >= 11 is 0. The zero-order chi connectivity index (χ0) is 28.7. The topological polar surface area (TPSA) is 108 Å². The van der Waals surface area contributed by atoms with Gasteiger partial charge in [0.15, 0.2) is 0 Å². The van der Waals surface area contributed by atoms with Gasteiger partial charge in [-0.1, -0.05) is 84.9 Å². The normalized spacial score (nSPS) is 18.7. The van der Waals surface area contributed by atoms with Gasteiger partial charge in [-0.05, 0) is 62.3 Å². The second-order valence-electron chi connectivity index (χ2n) is 11.6. The standard InChI is InChI=1S/C33H40N2O5/c1-33(2,3)40-32(39)34-27(19-23-14-8-5-9-15-23)28(36)21-25(18-22-12-6-4-7-13-22)31(38)35-30-26-17-11-10-16-24(26)20-29(30)37/h4-17,25,27-30,36-37H,18-21H2,1-3H3,(H,34,39)(H,35,38)/t25-,27+,28+,29+,30-/m1/s1. The van der Waals surface area contributed by atoms with Crippen molar-refractivity contribution in [3.8, 4) is 0 Å². The summed E-state index contributed by atoms with van der Waals surface area (Å²) in [5.74, 6) is -0.851. The molecule has 0 unspecified atom stereocenters. The van der Waals surface area contributed by atoms with Gasteiger partial charge in [-0.2, -0.15) is 0 Å². The Morgan fingerprint density at radius 3 is 2.10 bits per heavy atom. The maximum Gasteiger partial charge on any atom is 0.407 e. The number of nitrogens with one attached hydrogen (secondary N) is 2. The van der Waals surface area contributed by atoms with E-state index in [1.165, 1.54) is 0 Å². The highest BCUT2D eigenvalue weighted by atomic mass is 16.6.